The zero-order valence-corrected chi connectivity index (χ0v) is 14.6. The second kappa shape index (κ2) is 7.39. The van der Waals surface area contributed by atoms with Crippen molar-refractivity contribution in [2.24, 2.45) is 0 Å². The molecule has 8 heteroatoms. The van der Waals surface area contributed by atoms with Crippen molar-refractivity contribution in [2.45, 2.75) is 39.8 Å². The Balaban J connectivity index is 1.60. The van der Waals surface area contributed by atoms with E-state index in [9.17, 15) is 4.79 Å². The van der Waals surface area contributed by atoms with Gasteiger partial charge in [0.05, 0.1) is 23.9 Å². The summed E-state index contributed by atoms with van der Waals surface area (Å²) in [5, 5.41) is 15.5. The number of fused-ring (bicyclic) bond motifs is 1. The zero-order chi connectivity index (χ0) is 16.9. The first kappa shape index (κ1) is 16.4. The third kappa shape index (κ3) is 3.70. The van der Waals surface area contributed by atoms with E-state index < -0.39 is 0 Å². The molecule has 0 saturated carbocycles. The molecule has 126 valence electrons. The fourth-order valence-electron chi connectivity index (χ4n) is 2.39. The number of anilines is 1. The van der Waals surface area contributed by atoms with Gasteiger partial charge in [-0.1, -0.05) is 25.2 Å². The molecule has 3 rings (SSSR count). The van der Waals surface area contributed by atoms with Crippen molar-refractivity contribution in [1.82, 2.24) is 25.1 Å². The van der Waals surface area contributed by atoms with Crippen molar-refractivity contribution >= 4 is 34.1 Å². The summed E-state index contributed by atoms with van der Waals surface area (Å²) >= 11 is 1.51. The normalized spacial score (nSPS) is 10.9. The standard InChI is InChI=1S/C16H20N6OS/c1-3-7-22-10-18-12-8-11(5-6-13(12)22)19-16(23)17-9-15-21-20-14(4-2)24-15/h5-6,8,10H,3-4,7,9H2,1-2H3,(H2,17,19,23). The number of nitrogens with zero attached hydrogens (tertiary/aromatic N) is 4. The van der Waals surface area contributed by atoms with Gasteiger partial charge in [-0.25, -0.2) is 9.78 Å². The lowest BCUT2D eigenvalue weighted by Crippen LogP contribution is -2.28. The van der Waals surface area contributed by atoms with E-state index in [0.29, 0.717) is 12.2 Å². The van der Waals surface area contributed by atoms with Gasteiger partial charge in [0.2, 0.25) is 0 Å². The number of urea groups is 1. The van der Waals surface area contributed by atoms with Crippen molar-refractivity contribution in [3.05, 3.63) is 34.5 Å². The minimum Gasteiger partial charge on any atom is -0.331 e. The van der Waals surface area contributed by atoms with E-state index in [1.807, 2.05) is 31.5 Å². The highest BCUT2D eigenvalue weighted by molar-refractivity contribution is 7.11. The van der Waals surface area contributed by atoms with Gasteiger partial charge in [-0.2, -0.15) is 0 Å². The van der Waals surface area contributed by atoms with E-state index in [1.165, 1.54) is 11.3 Å². The predicted octanol–water partition coefficient (Wildman–Crippen LogP) is 3.18. The third-order valence-electron chi connectivity index (χ3n) is 3.55. The first-order chi connectivity index (χ1) is 11.7. The molecule has 0 radical (unpaired) electrons. The Morgan fingerprint density at radius 1 is 1.25 bits per heavy atom. The van der Waals surface area contributed by atoms with Crippen LogP contribution in [-0.4, -0.2) is 25.8 Å². The summed E-state index contributed by atoms with van der Waals surface area (Å²) in [5.41, 5.74) is 2.66. The number of benzene rings is 1. The highest BCUT2D eigenvalue weighted by Crippen LogP contribution is 2.18. The number of aryl methyl sites for hydroxylation is 2. The summed E-state index contributed by atoms with van der Waals surface area (Å²) in [4.78, 5) is 16.4. The van der Waals surface area contributed by atoms with Gasteiger partial charge in [-0.15, -0.1) is 10.2 Å². The molecule has 0 aliphatic carbocycles. The Hall–Kier alpha value is -2.48. The topological polar surface area (TPSA) is 84.7 Å². The summed E-state index contributed by atoms with van der Waals surface area (Å²) in [5.74, 6) is 0. The lowest BCUT2D eigenvalue weighted by atomic mass is 10.2. The zero-order valence-electron chi connectivity index (χ0n) is 13.7. The van der Waals surface area contributed by atoms with Gasteiger partial charge in [0.25, 0.3) is 0 Å². The number of hydrogen-bond acceptors (Lipinski definition) is 5. The van der Waals surface area contributed by atoms with Gasteiger partial charge in [-0.05, 0) is 31.0 Å². The summed E-state index contributed by atoms with van der Waals surface area (Å²) in [6, 6.07) is 5.47. The molecule has 0 atom stereocenters. The van der Waals surface area contributed by atoms with E-state index >= 15 is 0 Å². The van der Waals surface area contributed by atoms with Crippen LogP contribution in [0.2, 0.25) is 0 Å². The first-order valence-electron chi connectivity index (χ1n) is 8.00. The van der Waals surface area contributed by atoms with Gasteiger partial charge in [0.15, 0.2) is 0 Å². The SMILES string of the molecule is CCCn1cnc2cc(NC(=O)NCc3nnc(CC)s3)ccc21. The van der Waals surface area contributed by atoms with Crippen molar-refractivity contribution in [2.75, 3.05) is 5.32 Å². The molecular weight excluding hydrogens is 324 g/mol. The van der Waals surface area contributed by atoms with Crippen LogP contribution in [-0.2, 0) is 19.5 Å². The molecule has 24 heavy (non-hydrogen) atoms. The van der Waals surface area contributed by atoms with Crippen LogP contribution in [0.1, 0.15) is 30.3 Å². The van der Waals surface area contributed by atoms with Gasteiger partial charge >= 0.3 is 6.03 Å². The second-order valence-corrected chi connectivity index (χ2v) is 6.54. The fourth-order valence-corrected chi connectivity index (χ4v) is 3.12. The number of carbonyl (C=O) groups excluding carboxylic acids is 1. The van der Waals surface area contributed by atoms with E-state index in [-0.39, 0.29) is 6.03 Å². The van der Waals surface area contributed by atoms with Crippen molar-refractivity contribution in [3.63, 3.8) is 0 Å². The van der Waals surface area contributed by atoms with Crippen molar-refractivity contribution in [1.29, 1.82) is 0 Å². The van der Waals surface area contributed by atoms with Crippen LogP contribution in [0.3, 0.4) is 0 Å². The maximum atomic E-state index is 12.0. The van der Waals surface area contributed by atoms with Crippen LogP contribution in [0.15, 0.2) is 24.5 Å². The molecule has 2 aromatic heterocycles. The first-order valence-corrected chi connectivity index (χ1v) is 8.82. The van der Waals surface area contributed by atoms with Crippen molar-refractivity contribution < 1.29 is 4.79 Å². The molecule has 2 amide bonds. The van der Waals surface area contributed by atoms with E-state index in [0.717, 1.165) is 40.4 Å². The molecule has 0 spiro atoms. The van der Waals surface area contributed by atoms with Gasteiger partial charge in [0.1, 0.15) is 10.0 Å². The van der Waals surface area contributed by atoms with E-state index in [1.54, 1.807) is 0 Å². The second-order valence-electron chi connectivity index (χ2n) is 5.39. The molecule has 0 aliphatic heterocycles. The minimum atomic E-state index is -0.268. The van der Waals surface area contributed by atoms with Crippen LogP contribution in [0.25, 0.3) is 11.0 Å². The Morgan fingerprint density at radius 2 is 2.08 bits per heavy atom. The average molecular weight is 344 g/mol. The van der Waals surface area contributed by atoms with Crippen LogP contribution < -0.4 is 10.6 Å². The lowest BCUT2D eigenvalue weighted by Gasteiger charge is -2.07. The van der Waals surface area contributed by atoms with Crippen molar-refractivity contribution in [3.8, 4) is 0 Å². The summed E-state index contributed by atoms with van der Waals surface area (Å²) in [6.45, 7) is 5.47. The molecule has 0 fully saturated rings. The maximum absolute atomic E-state index is 12.0. The predicted molar refractivity (Wildman–Crippen MR) is 95.2 cm³/mol. The maximum Gasteiger partial charge on any atom is 0.319 e. The third-order valence-corrected chi connectivity index (χ3v) is 4.62. The molecule has 7 nitrogen and oxygen atoms in total. The quantitative estimate of drug-likeness (QED) is 0.719. The molecule has 0 saturated heterocycles. The molecule has 1 aromatic carbocycles. The highest BCUT2D eigenvalue weighted by atomic mass is 32.1. The van der Waals surface area contributed by atoms with Gasteiger partial charge < -0.3 is 15.2 Å². The monoisotopic (exact) mass is 344 g/mol. The average Bonchev–Trinajstić information content (AvgIpc) is 3.20. The molecule has 2 heterocycles. The molecular formula is C16H20N6OS. The molecule has 0 bridgehead atoms. The number of carbonyl (C=O) groups is 1. The van der Waals surface area contributed by atoms with Crippen LogP contribution in [0.4, 0.5) is 10.5 Å². The van der Waals surface area contributed by atoms with E-state index in [4.69, 9.17) is 0 Å². The fraction of sp³-hybridized carbons (Fsp3) is 0.375. The van der Waals surface area contributed by atoms with E-state index in [2.05, 4.69) is 37.3 Å². The Bertz CT molecular complexity index is 840. The Morgan fingerprint density at radius 3 is 2.83 bits per heavy atom. The Labute approximate surface area is 144 Å². The summed E-state index contributed by atoms with van der Waals surface area (Å²) in [6.07, 6.45) is 3.74. The van der Waals surface area contributed by atoms with Gasteiger partial charge in [-0.3, -0.25) is 0 Å². The summed E-state index contributed by atoms with van der Waals surface area (Å²) < 4.78 is 2.11. The molecule has 0 aliphatic rings. The number of amides is 2. The van der Waals surface area contributed by atoms with Gasteiger partial charge in [0, 0.05) is 12.2 Å². The smallest absolute Gasteiger partial charge is 0.319 e. The minimum absolute atomic E-state index is 0.268. The number of hydrogen-bond donors (Lipinski definition) is 2. The number of aromatic nitrogens is 4. The largest absolute Gasteiger partial charge is 0.331 e. The Kier molecular flexibility index (Phi) is 5.05. The molecule has 0 unspecified atom stereocenters. The number of rotatable bonds is 6. The lowest BCUT2D eigenvalue weighted by molar-refractivity contribution is 0.251. The molecule has 2 N–H and O–H groups in total. The number of imidazole rings is 1. The summed E-state index contributed by atoms with van der Waals surface area (Å²) in [7, 11) is 0. The number of nitrogens with one attached hydrogen (secondary N) is 2. The van der Waals surface area contributed by atoms with Crippen LogP contribution in [0.5, 0.6) is 0 Å². The van der Waals surface area contributed by atoms with Crippen LogP contribution in [0, 0.1) is 0 Å². The molecule has 3 aromatic rings. The highest BCUT2D eigenvalue weighted by Gasteiger charge is 2.08. The van der Waals surface area contributed by atoms with Crippen LogP contribution >= 0.6 is 11.3 Å².